The van der Waals surface area contributed by atoms with E-state index < -0.39 is 22.7 Å². The van der Waals surface area contributed by atoms with E-state index >= 15 is 0 Å². The Balaban J connectivity index is 2.23. The smallest absolute Gasteiger partial charge is 0.270 e. The summed E-state index contributed by atoms with van der Waals surface area (Å²) in [6, 6.07) is 3.85. The molecule has 2 N–H and O–H groups in total. The zero-order valence-electron chi connectivity index (χ0n) is 20.5. The van der Waals surface area contributed by atoms with Crippen LogP contribution in [0.3, 0.4) is 0 Å². The van der Waals surface area contributed by atoms with E-state index in [1.807, 2.05) is 13.8 Å². The van der Waals surface area contributed by atoms with E-state index in [4.69, 9.17) is 14.2 Å². The van der Waals surface area contributed by atoms with Crippen molar-refractivity contribution >= 4 is 12.0 Å². The third-order valence-corrected chi connectivity index (χ3v) is 6.25. The van der Waals surface area contributed by atoms with Crippen molar-refractivity contribution in [3.8, 4) is 5.75 Å². The van der Waals surface area contributed by atoms with Crippen LogP contribution in [0, 0.1) is 10.1 Å². The zero-order valence-corrected chi connectivity index (χ0v) is 20.5. The standard InChI is InChI=1S/C25H38N2O7/c1-4-7-8-9-15-33-20(18-32-14-10-13-28)17-26-23-21-16-19(27(30)31)11-12-22(21)34-25(5-2,6-3)24(23)29/h11-13,16,18,23-24,26,29H,4-10,14-15,17H2,1-3H3/b20-18-. The highest BCUT2D eigenvalue weighted by molar-refractivity contribution is 5.49. The van der Waals surface area contributed by atoms with Crippen molar-refractivity contribution in [3.63, 3.8) is 0 Å². The van der Waals surface area contributed by atoms with Crippen LogP contribution in [0.2, 0.25) is 0 Å². The van der Waals surface area contributed by atoms with E-state index in [2.05, 4.69) is 12.2 Å². The molecule has 0 fully saturated rings. The number of non-ortho nitro benzene ring substituents is 1. The number of hydrogen-bond donors (Lipinski definition) is 2. The van der Waals surface area contributed by atoms with Crippen LogP contribution in [0.25, 0.3) is 0 Å². The van der Waals surface area contributed by atoms with Crippen LogP contribution in [0.1, 0.15) is 77.3 Å². The summed E-state index contributed by atoms with van der Waals surface area (Å²) in [6.45, 7) is 7.05. The Bertz CT molecular complexity index is 823. The molecule has 0 saturated heterocycles. The Morgan fingerprint density at radius 2 is 2.00 bits per heavy atom. The number of carbonyl (C=O) groups excluding carboxylic acids is 1. The van der Waals surface area contributed by atoms with Crippen LogP contribution in [-0.2, 0) is 14.3 Å². The van der Waals surface area contributed by atoms with Gasteiger partial charge in [-0.05, 0) is 25.3 Å². The number of unbranched alkanes of at least 4 members (excludes halogenated alkanes) is 3. The van der Waals surface area contributed by atoms with Crippen LogP contribution in [0.4, 0.5) is 5.69 Å². The van der Waals surface area contributed by atoms with Gasteiger partial charge < -0.3 is 29.4 Å². The lowest BCUT2D eigenvalue weighted by atomic mass is 9.80. The summed E-state index contributed by atoms with van der Waals surface area (Å²) in [6.07, 6.45) is 7.00. The number of aliphatic hydroxyl groups is 1. The molecule has 2 rings (SSSR count). The van der Waals surface area contributed by atoms with Gasteiger partial charge in [0.25, 0.3) is 5.69 Å². The number of nitro benzene ring substituents is 1. The molecule has 1 aromatic carbocycles. The van der Waals surface area contributed by atoms with Crippen LogP contribution >= 0.6 is 0 Å². The minimum atomic E-state index is -0.932. The van der Waals surface area contributed by atoms with Crippen LogP contribution < -0.4 is 10.1 Å². The second kappa shape index (κ2) is 13.9. The van der Waals surface area contributed by atoms with Crippen molar-refractivity contribution in [2.75, 3.05) is 19.8 Å². The van der Waals surface area contributed by atoms with Gasteiger partial charge in [0, 0.05) is 24.1 Å². The first-order valence-corrected chi connectivity index (χ1v) is 12.2. The summed E-state index contributed by atoms with van der Waals surface area (Å²) in [5, 5.41) is 26.0. The molecule has 0 aromatic heterocycles. The van der Waals surface area contributed by atoms with E-state index in [0.717, 1.165) is 32.0 Å². The number of hydrogen-bond acceptors (Lipinski definition) is 8. The molecule has 9 nitrogen and oxygen atoms in total. The summed E-state index contributed by atoms with van der Waals surface area (Å²) in [4.78, 5) is 21.5. The third kappa shape index (κ3) is 7.17. The number of aldehydes is 1. The predicted octanol–water partition coefficient (Wildman–Crippen LogP) is 4.58. The molecular formula is C25H38N2O7. The lowest BCUT2D eigenvalue weighted by Gasteiger charge is -2.45. The van der Waals surface area contributed by atoms with E-state index in [1.165, 1.54) is 18.4 Å². The first-order chi connectivity index (χ1) is 16.4. The Morgan fingerprint density at radius 3 is 2.65 bits per heavy atom. The number of rotatable bonds is 16. The molecule has 2 unspecified atom stereocenters. The molecular weight excluding hydrogens is 440 g/mol. The van der Waals surface area contributed by atoms with Gasteiger partial charge in [0.1, 0.15) is 35.8 Å². The lowest BCUT2D eigenvalue weighted by molar-refractivity contribution is -0.385. The Kier molecular flexibility index (Phi) is 11.3. The van der Waals surface area contributed by atoms with Crippen molar-refractivity contribution in [3.05, 3.63) is 45.9 Å². The largest absolute Gasteiger partial charge is 0.497 e. The van der Waals surface area contributed by atoms with Gasteiger partial charge in [-0.2, -0.15) is 0 Å². The summed E-state index contributed by atoms with van der Waals surface area (Å²) in [5.74, 6) is 1.05. The minimum absolute atomic E-state index is 0.0676. The molecule has 0 radical (unpaired) electrons. The molecule has 190 valence electrons. The van der Waals surface area contributed by atoms with E-state index in [1.54, 1.807) is 6.07 Å². The fraction of sp³-hybridized carbons (Fsp3) is 0.640. The van der Waals surface area contributed by atoms with Crippen LogP contribution in [0.5, 0.6) is 5.75 Å². The van der Waals surface area contributed by atoms with Crippen LogP contribution in [-0.4, -0.2) is 47.8 Å². The van der Waals surface area contributed by atoms with Crippen molar-refractivity contribution in [2.24, 2.45) is 0 Å². The Labute approximate surface area is 201 Å². The number of benzene rings is 1. The molecule has 0 bridgehead atoms. The minimum Gasteiger partial charge on any atom is -0.497 e. The van der Waals surface area contributed by atoms with Gasteiger partial charge in [-0.3, -0.25) is 10.1 Å². The molecule has 0 spiro atoms. The monoisotopic (exact) mass is 478 g/mol. The van der Waals surface area contributed by atoms with E-state index in [-0.39, 0.29) is 25.3 Å². The number of aliphatic hydroxyl groups excluding tert-OH is 1. The van der Waals surface area contributed by atoms with Crippen LogP contribution in [0.15, 0.2) is 30.2 Å². The molecule has 0 aliphatic carbocycles. The summed E-state index contributed by atoms with van der Waals surface area (Å²) >= 11 is 0. The van der Waals surface area contributed by atoms with Gasteiger partial charge in [-0.1, -0.05) is 40.0 Å². The summed E-state index contributed by atoms with van der Waals surface area (Å²) in [5.41, 5.74) is -0.350. The zero-order chi connectivity index (χ0) is 25.0. The molecule has 1 aliphatic heterocycles. The normalized spacial score (nSPS) is 19.1. The van der Waals surface area contributed by atoms with Gasteiger partial charge >= 0.3 is 0 Å². The lowest BCUT2D eigenvalue weighted by Crippen LogP contribution is -2.55. The van der Waals surface area contributed by atoms with Gasteiger partial charge in [0.15, 0.2) is 0 Å². The van der Waals surface area contributed by atoms with Gasteiger partial charge in [0.05, 0.1) is 30.7 Å². The van der Waals surface area contributed by atoms with Crippen molar-refractivity contribution in [2.45, 2.75) is 83.5 Å². The molecule has 1 aromatic rings. The second-order valence-corrected chi connectivity index (χ2v) is 8.48. The van der Waals surface area contributed by atoms with Crippen molar-refractivity contribution in [1.82, 2.24) is 5.32 Å². The first kappa shape index (κ1) is 27.6. The molecule has 9 heteroatoms. The second-order valence-electron chi connectivity index (χ2n) is 8.48. The summed E-state index contributed by atoms with van der Waals surface area (Å²) in [7, 11) is 0. The van der Waals surface area contributed by atoms with E-state index in [9.17, 15) is 20.0 Å². The Morgan fingerprint density at radius 1 is 1.24 bits per heavy atom. The quantitative estimate of drug-likeness (QED) is 0.116. The Hall–Kier alpha value is -2.65. The first-order valence-electron chi connectivity index (χ1n) is 12.2. The highest BCUT2D eigenvalue weighted by Gasteiger charge is 2.47. The predicted molar refractivity (Wildman–Crippen MR) is 129 cm³/mol. The fourth-order valence-corrected chi connectivity index (χ4v) is 4.11. The number of nitrogens with zero attached hydrogens (tertiary/aromatic N) is 1. The maximum atomic E-state index is 11.4. The summed E-state index contributed by atoms with van der Waals surface area (Å²) < 4.78 is 17.5. The SMILES string of the molecule is CCCCCCO/C(=C\OCCC=O)CNC1c2cc([N+](=O)[O-])ccc2OC(CC)(CC)C1O. The number of nitro groups is 1. The number of carbonyl (C=O) groups is 1. The number of ether oxygens (including phenoxy) is 3. The van der Waals surface area contributed by atoms with E-state index in [0.29, 0.717) is 36.5 Å². The van der Waals surface area contributed by atoms with Crippen molar-refractivity contribution < 1.29 is 29.0 Å². The van der Waals surface area contributed by atoms with Gasteiger partial charge in [0.2, 0.25) is 0 Å². The molecule has 2 atom stereocenters. The van der Waals surface area contributed by atoms with Gasteiger partial charge in [-0.25, -0.2) is 0 Å². The maximum absolute atomic E-state index is 11.4. The fourth-order valence-electron chi connectivity index (χ4n) is 4.11. The highest BCUT2D eigenvalue weighted by atomic mass is 16.6. The topological polar surface area (TPSA) is 120 Å². The number of nitrogens with one attached hydrogen (secondary N) is 1. The van der Waals surface area contributed by atoms with Crippen molar-refractivity contribution in [1.29, 1.82) is 0 Å². The average molecular weight is 479 g/mol. The molecule has 34 heavy (non-hydrogen) atoms. The molecule has 1 heterocycles. The maximum Gasteiger partial charge on any atom is 0.270 e. The molecule has 1 aliphatic rings. The highest BCUT2D eigenvalue weighted by Crippen LogP contribution is 2.44. The third-order valence-electron chi connectivity index (χ3n) is 6.25. The molecule has 0 amide bonds. The number of fused-ring (bicyclic) bond motifs is 1. The molecule has 0 saturated carbocycles. The average Bonchev–Trinajstić information content (AvgIpc) is 2.84. The van der Waals surface area contributed by atoms with Gasteiger partial charge in [-0.15, -0.1) is 0 Å².